The van der Waals surface area contributed by atoms with Crippen LogP contribution in [0, 0.1) is 0 Å². The van der Waals surface area contributed by atoms with E-state index in [2.05, 4.69) is 26.8 Å². The van der Waals surface area contributed by atoms with Gasteiger partial charge in [-0.1, -0.05) is 136 Å². The molecule has 0 bridgehead atoms. The summed E-state index contributed by atoms with van der Waals surface area (Å²) in [5.41, 5.74) is 0. The minimum atomic E-state index is 0.0114. The molecule has 0 atom stereocenters. The first-order valence-corrected chi connectivity index (χ1v) is 17.4. The first-order valence-electron chi connectivity index (χ1n) is 17.4. The van der Waals surface area contributed by atoms with E-state index < -0.39 is 0 Å². The van der Waals surface area contributed by atoms with Gasteiger partial charge in [0.2, 0.25) is 0 Å². The molecule has 0 aromatic carbocycles. The lowest BCUT2D eigenvalue weighted by atomic mass is 10.1. The first-order chi connectivity index (χ1) is 19.3. The molecule has 0 fully saturated rings. The van der Waals surface area contributed by atoms with Crippen LogP contribution in [0.2, 0.25) is 0 Å². The molecule has 0 aliphatic carbocycles. The maximum absolute atomic E-state index is 6.14. The maximum Gasteiger partial charge on any atom is 0.188 e. The largest absolute Gasteiger partial charge is 0.475 e. The number of ether oxygens (including phenoxy) is 4. The van der Waals surface area contributed by atoms with E-state index in [1.165, 1.54) is 141 Å². The summed E-state index contributed by atoms with van der Waals surface area (Å²) in [7, 11) is 0. The molecule has 0 aliphatic heterocycles. The van der Waals surface area contributed by atoms with Gasteiger partial charge < -0.3 is 18.9 Å². The maximum atomic E-state index is 6.14. The van der Waals surface area contributed by atoms with E-state index in [0.29, 0.717) is 6.79 Å². The van der Waals surface area contributed by atoms with E-state index in [9.17, 15) is 0 Å². The molecule has 39 heavy (non-hydrogen) atoms. The Morgan fingerprint density at radius 2 is 0.897 bits per heavy atom. The Hall–Kier alpha value is -0.580. The molecule has 0 unspecified atom stereocenters. The normalized spacial score (nSPS) is 11.8. The van der Waals surface area contributed by atoms with E-state index >= 15 is 0 Å². The Bertz CT molecular complexity index is 438. The van der Waals surface area contributed by atoms with Crippen LogP contribution in [-0.2, 0) is 18.9 Å². The lowest BCUT2D eigenvalue weighted by molar-refractivity contribution is -0.148. The molecule has 0 saturated heterocycles. The fourth-order valence-electron chi connectivity index (χ4n) is 4.78. The molecular weight excluding hydrogens is 484 g/mol. The van der Waals surface area contributed by atoms with E-state index in [-0.39, 0.29) is 6.29 Å². The van der Waals surface area contributed by atoms with Crippen molar-refractivity contribution in [3.8, 4) is 0 Å². The fourth-order valence-corrected chi connectivity index (χ4v) is 4.78. The molecule has 0 amide bonds. The first kappa shape index (κ1) is 38.4. The minimum absolute atomic E-state index is 0.0114. The number of hydrogen-bond donors (Lipinski definition) is 0. The zero-order chi connectivity index (χ0) is 28.3. The third-order valence-corrected chi connectivity index (χ3v) is 7.40. The van der Waals surface area contributed by atoms with Gasteiger partial charge in [0.15, 0.2) is 13.1 Å². The predicted molar refractivity (Wildman–Crippen MR) is 169 cm³/mol. The van der Waals surface area contributed by atoms with Crippen molar-refractivity contribution in [2.24, 2.45) is 0 Å². The summed E-state index contributed by atoms with van der Waals surface area (Å²) < 4.78 is 23.3. The summed E-state index contributed by atoms with van der Waals surface area (Å²) in [6.45, 7) is 9.71. The van der Waals surface area contributed by atoms with Crippen LogP contribution in [0.1, 0.15) is 181 Å². The Balaban J connectivity index is 3.61. The van der Waals surface area contributed by atoms with E-state index in [0.717, 1.165) is 39.1 Å². The highest BCUT2D eigenvalue weighted by atomic mass is 16.7. The molecule has 4 nitrogen and oxygen atoms in total. The van der Waals surface area contributed by atoms with Crippen molar-refractivity contribution >= 4 is 0 Å². The highest BCUT2D eigenvalue weighted by Gasteiger charge is 2.09. The van der Waals surface area contributed by atoms with Crippen molar-refractivity contribution in [2.75, 3.05) is 26.6 Å². The highest BCUT2D eigenvalue weighted by molar-refractivity contribution is 4.72. The molecule has 0 N–H and O–H groups in total. The van der Waals surface area contributed by atoms with Gasteiger partial charge in [-0.2, -0.15) is 0 Å². The second kappa shape index (κ2) is 35.4. The number of rotatable bonds is 34. The summed E-state index contributed by atoms with van der Waals surface area (Å²) in [4.78, 5) is 0. The van der Waals surface area contributed by atoms with Crippen LogP contribution in [0.25, 0.3) is 0 Å². The summed E-state index contributed by atoms with van der Waals surface area (Å²) in [6.07, 6.45) is 35.9. The summed E-state index contributed by atoms with van der Waals surface area (Å²) in [6, 6.07) is 0. The number of hydrogen-bond acceptors (Lipinski definition) is 4. The molecule has 0 heterocycles. The Morgan fingerprint density at radius 1 is 0.462 bits per heavy atom. The van der Waals surface area contributed by atoms with Crippen LogP contribution in [0.15, 0.2) is 12.3 Å². The van der Waals surface area contributed by atoms with Crippen molar-refractivity contribution in [1.82, 2.24) is 0 Å². The van der Waals surface area contributed by atoms with Gasteiger partial charge in [0, 0.05) is 13.2 Å². The van der Waals surface area contributed by atoms with Gasteiger partial charge in [0.25, 0.3) is 0 Å². The monoisotopic (exact) mass is 555 g/mol. The average molecular weight is 555 g/mol. The number of unbranched alkanes of at least 4 members (excludes halogenated alkanes) is 20. The molecule has 234 valence electrons. The van der Waals surface area contributed by atoms with Crippen LogP contribution in [0.5, 0.6) is 0 Å². The molecule has 0 rings (SSSR count). The van der Waals surface area contributed by atoms with Gasteiger partial charge in [0.05, 0.1) is 12.9 Å². The van der Waals surface area contributed by atoms with Crippen molar-refractivity contribution in [1.29, 1.82) is 0 Å². The second-order valence-corrected chi connectivity index (χ2v) is 11.4. The van der Waals surface area contributed by atoms with Gasteiger partial charge >= 0.3 is 0 Å². The zero-order valence-electron chi connectivity index (χ0n) is 26.9. The van der Waals surface area contributed by atoms with Crippen LogP contribution in [0.4, 0.5) is 0 Å². The molecule has 0 radical (unpaired) electrons. The Kier molecular flexibility index (Phi) is 34.9. The summed E-state index contributed by atoms with van der Waals surface area (Å²) in [5.74, 6) is 0. The van der Waals surface area contributed by atoms with Gasteiger partial charge in [-0.3, -0.25) is 0 Å². The predicted octanol–water partition coefficient (Wildman–Crippen LogP) is 11.7. The van der Waals surface area contributed by atoms with Gasteiger partial charge in [0.1, 0.15) is 0 Å². The third kappa shape index (κ3) is 33.5. The summed E-state index contributed by atoms with van der Waals surface area (Å²) >= 11 is 0. The van der Waals surface area contributed by atoms with Crippen LogP contribution >= 0.6 is 0 Å². The SMILES string of the molecule is CCCCCCCCOCOC=CCCCCCCCCCC(OCCCCCCC)OCCCCCCC. The molecule has 0 aliphatic rings. The van der Waals surface area contributed by atoms with Crippen molar-refractivity contribution in [2.45, 2.75) is 188 Å². The van der Waals surface area contributed by atoms with Gasteiger partial charge in [-0.15, -0.1) is 0 Å². The molecule has 0 spiro atoms. The number of allylic oxidation sites excluding steroid dienone is 1. The highest BCUT2D eigenvalue weighted by Crippen LogP contribution is 2.15. The van der Waals surface area contributed by atoms with Crippen molar-refractivity contribution in [3.63, 3.8) is 0 Å². The van der Waals surface area contributed by atoms with E-state index in [1.807, 2.05) is 6.26 Å². The molecule has 0 saturated carbocycles. The minimum Gasteiger partial charge on any atom is -0.475 e. The van der Waals surface area contributed by atoms with Crippen molar-refractivity contribution < 1.29 is 18.9 Å². The van der Waals surface area contributed by atoms with E-state index in [4.69, 9.17) is 18.9 Å². The third-order valence-electron chi connectivity index (χ3n) is 7.40. The Morgan fingerprint density at radius 3 is 1.44 bits per heavy atom. The second-order valence-electron chi connectivity index (χ2n) is 11.4. The standard InChI is InChI=1S/C35H70O4/c1-4-7-10-13-22-25-30-36-34-37-31-26-23-18-16-14-15-17-19-24-29-35(38-32-27-20-11-8-5-2)39-33-28-21-12-9-6-3/h26,31,35H,4-25,27-30,32-34H2,1-3H3. The Labute approximate surface area is 245 Å². The van der Waals surface area contributed by atoms with Crippen LogP contribution in [0.3, 0.4) is 0 Å². The summed E-state index contributed by atoms with van der Waals surface area (Å²) in [5, 5.41) is 0. The lowest BCUT2D eigenvalue weighted by Gasteiger charge is -2.19. The lowest BCUT2D eigenvalue weighted by Crippen LogP contribution is -2.19. The van der Waals surface area contributed by atoms with Crippen LogP contribution in [-0.4, -0.2) is 32.9 Å². The quantitative estimate of drug-likeness (QED) is 0.0450. The molecule has 0 aromatic rings. The molecular formula is C35H70O4. The zero-order valence-corrected chi connectivity index (χ0v) is 26.9. The van der Waals surface area contributed by atoms with Gasteiger partial charge in [-0.25, -0.2) is 0 Å². The van der Waals surface area contributed by atoms with E-state index in [1.54, 1.807) is 0 Å². The van der Waals surface area contributed by atoms with Crippen molar-refractivity contribution in [3.05, 3.63) is 12.3 Å². The van der Waals surface area contributed by atoms with Crippen LogP contribution < -0.4 is 0 Å². The van der Waals surface area contributed by atoms with Gasteiger partial charge in [-0.05, 0) is 51.0 Å². The smallest absolute Gasteiger partial charge is 0.188 e. The fraction of sp³-hybridized carbons (Fsp3) is 0.943. The molecule has 4 heteroatoms. The topological polar surface area (TPSA) is 36.9 Å². The molecule has 0 aromatic heterocycles. The average Bonchev–Trinajstić information content (AvgIpc) is 2.95.